The van der Waals surface area contributed by atoms with E-state index < -0.39 is 17.7 Å². The van der Waals surface area contributed by atoms with Crippen LogP contribution in [-0.2, 0) is 6.42 Å². The monoisotopic (exact) mass is 238 g/mol. The number of furan rings is 1. The molecule has 1 unspecified atom stereocenters. The Hall–Kier alpha value is -1.68. The Balaban J connectivity index is 2.27. The zero-order valence-electron chi connectivity index (χ0n) is 9.28. The number of rotatable bonds is 3. The molecule has 2 rings (SSSR count). The summed E-state index contributed by atoms with van der Waals surface area (Å²) in [7, 11) is 0. The number of aliphatic hydroxyl groups excluding tert-OH is 1. The lowest BCUT2D eigenvalue weighted by Gasteiger charge is -2.01. The first-order valence-electron chi connectivity index (χ1n) is 5.28. The first-order valence-corrected chi connectivity index (χ1v) is 5.28. The Bertz CT molecular complexity index is 518. The molecule has 0 fully saturated rings. The van der Waals surface area contributed by atoms with Gasteiger partial charge < -0.3 is 9.52 Å². The summed E-state index contributed by atoms with van der Waals surface area (Å²) in [5, 5.41) is 9.20. The summed E-state index contributed by atoms with van der Waals surface area (Å²) in [5.41, 5.74) is 0.473. The third-order valence-corrected chi connectivity index (χ3v) is 2.36. The van der Waals surface area contributed by atoms with Crippen LogP contribution >= 0.6 is 0 Å². The third-order valence-electron chi connectivity index (χ3n) is 2.36. The van der Waals surface area contributed by atoms with E-state index in [1.165, 1.54) is 6.07 Å². The van der Waals surface area contributed by atoms with Gasteiger partial charge in [0.05, 0.1) is 6.10 Å². The van der Waals surface area contributed by atoms with E-state index in [0.717, 1.165) is 12.1 Å². The topological polar surface area (TPSA) is 33.4 Å². The average Bonchev–Trinajstić information content (AvgIpc) is 2.69. The van der Waals surface area contributed by atoms with E-state index in [1.807, 2.05) is 0 Å². The molecule has 1 heterocycles. The summed E-state index contributed by atoms with van der Waals surface area (Å²) in [6, 6.07) is 6.97. The van der Waals surface area contributed by atoms with Gasteiger partial charge in [-0.25, -0.2) is 8.78 Å². The average molecular weight is 238 g/mol. The number of benzene rings is 1. The molecular formula is C13H12F2O2. The fourth-order valence-corrected chi connectivity index (χ4v) is 1.58. The summed E-state index contributed by atoms with van der Waals surface area (Å²) >= 11 is 0. The maximum atomic E-state index is 13.0. The summed E-state index contributed by atoms with van der Waals surface area (Å²) in [5.74, 6) is -0.722. The quantitative estimate of drug-likeness (QED) is 0.891. The number of hydrogen-bond donors (Lipinski definition) is 1. The van der Waals surface area contributed by atoms with Crippen LogP contribution in [0.4, 0.5) is 8.78 Å². The minimum Gasteiger partial charge on any atom is -0.461 e. The highest BCUT2D eigenvalue weighted by atomic mass is 19.2. The highest BCUT2D eigenvalue weighted by Crippen LogP contribution is 2.24. The van der Waals surface area contributed by atoms with Crippen LogP contribution in [0.3, 0.4) is 0 Å². The maximum absolute atomic E-state index is 13.0. The molecule has 2 aromatic rings. The van der Waals surface area contributed by atoms with Crippen molar-refractivity contribution in [2.24, 2.45) is 0 Å². The molecule has 4 heteroatoms. The predicted molar refractivity (Wildman–Crippen MR) is 59.4 cm³/mol. The van der Waals surface area contributed by atoms with Crippen LogP contribution in [-0.4, -0.2) is 11.2 Å². The Kier molecular flexibility index (Phi) is 3.24. The molecule has 0 bridgehead atoms. The first-order chi connectivity index (χ1) is 8.06. The molecule has 0 aliphatic heterocycles. The molecule has 1 atom stereocenters. The SMILES string of the molecule is CC(O)Cc1ccc(-c2ccc(F)c(F)c2)o1. The lowest BCUT2D eigenvalue weighted by molar-refractivity contribution is 0.187. The summed E-state index contributed by atoms with van der Waals surface area (Å²) in [6.07, 6.45) is -0.108. The lowest BCUT2D eigenvalue weighted by atomic mass is 10.1. The van der Waals surface area contributed by atoms with E-state index >= 15 is 0 Å². The minimum absolute atomic E-state index is 0.393. The van der Waals surface area contributed by atoms with Crippen molar-refractivity contribution in [3.63, 3.8) is 0 Å². The van der Waals surface area contributed by atoms with Gasteiger partial charge in [0.2, 0.25) is 0 Å². The van der Waals surface area contributed by atoms with Gasteiger partial charge in [-0.05, 0) is 37.3 Å². The molecular weight excluding hydrogens is 226 g/mol. The minimum atomic E-state index is -0.907. The van der Waals surface area contributed by atoms with Crippen LogP contribution in [0.15, 0.2) is 34.7 Å². The second-order valence-electron chi connectivity index (χ2n) is 3.95. The van der Waals surface area contributed by atoms with Crippen molar-refractivity contribution < 1.29 is 18.3 Å². The van der Waals surface area contributed by atoms with Crippen LogP contribution in [0.5, 0.6) is 0 Å². The smallest absolute Gasteiger partial charge is 0.159 e. The number of aliphatic hydroxyl groups is 1. The van der Waals surface area contributed by atoms with Crippen LogP contribution < -0.4 is 0 Å². The molecule has 2 nitrogen and oxygen atoms in total. The van der Waals surface area contributed by atoms with Crippen molar-refractivity contribution in [1.29, 1.82) is 0 Å². The van der Waals surface area contributed by atoms with Gasteiger partial charge in [-0.1, -0.05) is 0 Å². The molecule has 0 amide bonds. The molecule has 0 aliphatic carbocycles. The molecule has 0 saturated carbocycles. The fourth-order valence-electron chi connectivity index (χ4n) is 1.58. The van der Waals surface area contributed by atoms with Crippen LogP contribution in [0.25, 0.3) is 11.3 Å². The Morgan fingerprint density at radius 2 is 1.94 bits per heavy atom. The van der Waals surface area contributed by atoms with Crippen molar-refractivity contribution in [3.8, 4) is 11.3 Å². The lowest BCUT2D eigenvalue weighted by Crippen LogP contribution is -2.02. The van der Waals surface area contributed by atoms with E-state index in [0.29, 0.717) is 23.5 Å². The molecule has 0 spiro atoms. The van der Waals surface area contributed by atoms with Crippen LogP contribution in [0, 0.1) is 11.6 Å². The van der Waals surface area contributed by atoms with Crippen molar-refractivity contribution in [1.82, 2.24) is 0 Å². The summed E-state index contributed by atoms with van der Waals surface area (Å²) in [6.45, 7) is 1.65. The second kappa shape index (κ2) is 4.67. The largest absolute Gasteiger partial charge is 0.461 e. The van der Waals surface area contributed by atoms with E-state index in [4.69, 9.17) is 4.42 Å². The molecule has 0 radical (unpaired) electrons. The van der Waals surface area contributed by atoms with E-state index in [9.17, 15) is 13.9 Å². The molecule has 0 aliphatic rings. The van der Waals surface area contributed by atoms with Crippen molar-refractivity contribution in [2.45, 2.75) is 19.4 Å². The molecule has 90 valence electrons. The van der Waals surface area contributed by atoms with Gasteiger partial charge in [0.1, 0.15) is 11.5 Å². The molecule has 1 aromatic heterocycles. The number of halogens is 2. The van der Waals surface area contributed by atoms with Gasteiger partial charge >= 0.3 is 0 Å². The fraction of sp³-hybridized carbons (Fsp3) is 0.231. The predicted octanol–water partition coefficient (Wildman–Crippen LogP) is 3.15. The summed E-state index contributed by atoms with van der Waals surface area (Å²) < 4.78 is 31.2. The van der Waals surface area contributed by atoms with Crippen molar-refractivity contribution >= 4 is 0 Å². The Morgan fingerprint density at radius 3 is 2.59 bits per heavy atom. The molecule has 17 heavy (non-hydrogen) atoms. The van der Waals surface area contributed by atoms with Gasteiger partial charge in [-0.3, -0.25) is 0 Å². The van der Waals surface area contributed by atoms with Gasteiger partial charge in [0.25, 0.3) is 0 Å². The van der Waals surface area contributed by atoms with Crippen LogP contribution in [0.2, 0.25) is 0 Å². The van der Waals surface area contributed by atoms with Gasteiger partial charge in [-0.2, -0.15) is 0 Å². The zero-order chi connectivity index (χ0) is 12.4. The molecule has 0 saturated heterocycles. The second-order valence-corrected chi connectivity index (χ2v) is 3.95. The standard InChI is InChI=1S/C13H12F2O2/c1-8(16)6-10-3-5-13(17-10)9-2-4-11(14)12(15)7-9/h2-5,7-8,16H,6H2,1H3. The van der Waals surface area contributed by atoms with Gasteiger partial charge in [0.15, 0.2) is 11.6 Å². The normalized spacial score (nSPS) is 12.7. The maximum Gasteiger partial charge on any atom is 0.159 e. The van der Waals surface area contributed by atoms with Crippen LogP contribution in [0.1, 0.15) is 12.7 Å². The molecule has 1 N–H and O–H groups in total. The van der Waals surface area contributed by atoms with Gasteiger partial charge in [0, 0.05) is 12.0 Å². The van der Waals surface area contributed by atoms with E-state index in [1.54, 1.807) is 19.1 Å². The van der Waals surface area contributed by atoms with E-state index in [-0.39, 0.29) is 0 Å². The zero-order valence-corrected chi connectivity index (χ0v) is 9.28. The van der Waals surface area contributed by atoms with Crippen molar-refractivity contribution in [2.75, 3.05) is 0 Å². The van der Waals surface area contributed by atoms with Gasteiger partial charge in [-0.15, -0.1) is 0 Å². The third kappa shape index (κ3) is 2.71. The highest BCUT2D eigenvalue weighted by Gasteiger charge is 2.09. The summed E-state index contributed by atoms with van der Waals surface area (Å²) in [4.78, 5) is 0. The Morgan fingerprint density at radius 1 is 1.18 bits per heavy atom. The number of hydrogen-bond acceptors (Lipinski definition) is 2. The molecule has 1 aromatic carbocycles. The highest BCUT2D eigenvalue weighted by molar-refractivity contribution is 5.57. The Labute approximate surface area is 97.5 Å². The van der Waals surface area contributed by atoms with E-state index in [2.05, 4.69) is 0 Å². The van der Waals surface area contributed by atoms with Crippen molar-refractivity contribution in [3.05, 3.63) is 47.7 Å². The first kappa shape index (κ1) is 11.8.